The molecular formula is C11H23NO. The average Bonchev–Trinajstić information content (AvgIpc) is 2.33. The summed E-state index contributed by atoms with van der Waals surface area (Å²) >= 11 is 0. The number of rotatable bonds is 3. The Bertz CT molecular complexity index is 151. The van der Waals surface area contributed by atoms with E-state index in [0.717, 1.165) is 19.1 Å². The zero-order valence-electron chi connectivity index (χ0n) is 9.47. The van der Waals surface area contributed by atoms with Crippen LogP contribution in [0.2, 0.25) is 0 Å². The Balaban J connectivity index is 2.07. The van der Waals surface area contributed by atoms with Crippen LogP contribution in [0.15, 0.2) is 0 Å². The predicted octanol–water partition coefficient (Wildman–Crippen LogP) is 2.14. The third-order valence-corrected chi connectivity index (χ3v) is 2.45. The summed E-state index contributed by atoms with van der Waals surface area (Å²) in [5.74, 6) is 0.884. The van der Waals surface area contributed by atoms with Gasteiger partial charge in [-0.3, -0.25) is 0 Å². The fourth-order valence-corrected chi connectivity index (χ4v) is 1.71. The fourth-order valence-electron chi connectivity index (χ4n) is 1.71. The summed E-state index contributed by atoms with van der Waals surface area (Å²) in [5.41, 5.74) is 0.0192. The molecular weight excluding hydrogens is 162 g/mol. The van der Waals surface area contributed by atoms with Crippen molar-refractivity contribution in [3.05, 3.63) is 0 Å². The number of hydrogen-bond donors (Lipinski definition) is 0. The molecule has 0 amide bonds. The van der Waals surface area contributed by atoms with Crippen molar-refractivity contribution in [3.63, 3.8) is 0 Å². The first-order chi connectivity index (χ1) is 5.97. The molecule has 1 saturated heterocycles. The number of ether oxygens (including phenoxy) is 1. The largest absolute Gasteiger partial charge is 0.375 e. The minimum atomic E-state index is 0.0192. The normalized spacial score (nSPS) is 25.4. The fraction of sp³-hybridized carbons (Fsp3) is 1.00. The van der Waals surface area contributed by atoms with E-state index >= 15 is 0 Å². The molecule has 0 spiro atoms. The van der Waals surface area contributed by atoms with Crippen LogP contribution in [0.5, 0.6) is 0 Å². The van der Waals surface area contributed by atoms with Gasteiger partial charge in [0.2, 0.25) is 0 Å². The van der Waals surface area contributed by atoms with Gasteiger partial charge in [0, 0.05) is 13.1 Å². The Morgan fingerprint density at radius 2 is 2.08 bits per heavy atom. The SMILES string of the molecule is C[C@@H]1CCN(CCOC(C)(C)C)C1. The number of hydrogen-bond acceptors (Lipinski definition) is 2. The first-order valence-corrected chi connectivity index (χ1v) is 5.34. The molecule has 0 aromatic heterocycles. The van der Waals surface area contributed by atoms with Crippen LogP contribution in [0.3, 0.4) is 0 Å². The van der Waals surface area contributed by atoms with Crippen LogP contribution < -0.4 is 0 Å². The molecule has 1 rings (SSSR count). The molecule has 1 heterocycles. The van der Waals surface area contributed by atoms with Gasteiger partial charge in [0.15, 0.2) is 0 Å². The van der Waals surface area contributed by atoms with Crippen LogP contribution in [-0.2, 0) is 4.74 Å². The van der Waals surface area contributed by atoms with E-state index in [-0.39, 0.29) is 5.60 Å². The second-order valence-corrected chi connectivity index (χ2v) is 5.16. The lowest BCUT2D eigenvalue weighted by Crippen LogP contribution is -2.29. The summed E-state index contributed by atoms with van der Waals surface area (Å²) in [6.45, 7) is 13.1. The number of likely N-dealkylation sites (tertiary alicyclic amines) is 1. The molecule has 13 heavy (non-hydrogen) atoms. The van der Waals surface area contributed by atoms with E-state index in [2.05, 4.69) is 32.6 Å². The van der Waals surface area contributed by atoms with Gasteiger partial charge in [-0.1, -0.05) is 6.92 Å². The van der Waals surface area contributed by atoms with Gasteiger partial charge in [0.05, 0.1) is 12.2 Å². The van der Waals surface area contributed by atoms with Crippen LogP contribution in [0.25, 0.3) is 0 Å². The van der Waals surface area contributed by atoms with Crippen LogP contribution in [0.4, 0.5) is 0 Å². The maximum absolute atomic E-state index is 5.68. The highest BCUT2D eigenvalue weighted by atomic mass is 16.5. The summed E-state index contributed by atoms with van der Waals surface area (Å²) in [5, 5.41) is 0. The summed E-state index contributed by atoms with van der Waals surface area (Å²) in [6, 6.07) is 0. The minimum absolute atomic E-state index is 0.0192. The van der Waals surface area contributed by atoms with Gasteiger partial charge in [0.25, 0.3) is 0 Å². The van der Waals surface area contributed by atoms with Crippen molar-refractivity contribution in [2.24, 2.45) is 5.92 Å². The zero-order chi connectivity index (χ0) is 9.90. The van der Waals surface area contributed by atoms with E-state index in [9.17, 15) is 0 Å². The third kappa shape index (κ3) is 4.63. The summed E-state index contributed by atoms with van der Waals surface area (Å²) in [7, 11) is 0. The second-order valence-electron chi connectivity index (χ2n) is 5.16. The standard InChI is InChI=1S/C11H23NO/c1-10-5-6-12(9-10)7-8-13-11(2,3)4/h10H,5-9H2,1-4H3/t10-/m1/s1. The van der Waals surface area contributed by atoms with Gasteiger partial charge in [-0.05, 0) is 39.7 Å². The summed E-state index contributed by atoms with van der Waals surface area (Å²) in [4.78, 5) is 2.50. The number of nitrogens with zero attached hydrogens (tertiary/aromatic N) is 1. The zero-order valence-corrected chi connectivity index (χ0v) is 9.47. The first kappa shape index (κ1) is 11.0. The molecule has 2 nitrogen and oxygen atoms in total. The van der Waals surface area contributed by atoms with Crippen LogP contribution >= 0.6 is 0 Å². The Morgan fingerprint density at radius 1 is 1.38 bits per heavy atom. The van der Waals surface area contributed by atoms with Crippen molar-refractivity contribution < 1.29 is 4.74 Å². The highest BCUT2D eigenvalue weighted by molar-refractivity contribution is 4.72. The van der Waals surface area contributed by atoms with Gasteiger partial charge in [-0.2, -0.15) is 0 Å². The van der Waals surface area contributed by atoms with Crippen LogP contribution in [0.1, 0.15) is 34.1 Å². The van der Waals surface area contributed by atoms with Crippen LogP contribution in [-0.4, -0.2) is 36.7 Å². The predicted molar refractivity (Wildman–Crippen MR) is 55.9 cm³/mol. The smallest absolute Gasteiger partial charge is 0.0600 e. The summed E-state index contributed by atoms with van der Waals surface area (Å²) in [6.07, 6.45) is 1.36. The molecule has 2 heteroatoms. The van der Waals surface area contributed by atoms with E-state index in [1.54, 1.807) is 0 Å². The van der Waals surface area contributed by atoms with Crippen molar-refractivity contribution in [2.45, 2.75) is 39.7 Å². The van der Waals surface area contributed by atoms with Gasteiger partial charge in [0.1, 0.15) is 0 Å². The minimum Gasteiger partial charge on any atom is -0.375 e. The maximum atomic E-state index is 5.68. The van der Waals surface area contributed by atoms with Gasteiger partial charge >= 0.3 is 0 Å². The van der Waals surface area contributed by atoms with Gasteiger partial charge in [-0.15, -0.1) is 0 Å². The molecule has 0 bridgehead atoms. The van der Waals surface area contributed by atoms with Crippen molar-refractivity contribution in [1.82, 2.24) is 4.90 Å². The Labute approximate surface area is 82.3 Å². The molecule has 1 aliphatic heterocycles. The molecule has 0 aliphatic carbocycles. The lowest BCUT2D eigenvalue weighted by molar-refractivity contribution is -0.0111. The Hall–Kier alpha value is -0.0800. The van der Waals surface area contributed by atoms with Crippen LogP contribution in [0, 0.1) is 5.92 Å². The molecule has 0 unspecified atom stereocenters. The molecule has 1 atom stereocenters. The van der Waals surface area contributed by atoms with Gasteiger partial charge < -0.3 is 9.64 Å². The molecule has 78 valence electrons. The van der Waals surface area contributed by atoms with Crippen molar-refractivity contribution in [3.8, 4) is 0 Å². The van der Waals surface area contributed by atoms with E-state index < -0.39 is 0 Å². The topological polar surface area (TPSA) is 12.5 Å². The van der Waals surface area contributed by atoms with E-state index in [1.165, 1.54) is 19.5 Å². The molecule has 0 aromatic carbocycles. The molecule has 0 saturated carbocycles. The highest BCUT2D eigenvalue weighted by Gasteiger charge is 2.18. The molecule has 1 fully saturated rings. The average molecular weight is 185 g/mol. The Morgan fingerprint density at radius 3 is 2.54 bits per heavy atom. The highest BCUT2D eigenvalue weighted by Crippen LogP contribution is 2.14. The second kappa shape index (κ2) is 4.43. The van der Waals surface area contributed by atoms with E-state index in [4.69, 9.17) is 4.74 Å². The van der Waals surface area contributed by atoms with Crippen molar-refractivity contribution in [1.29, 1.82) is 0 Å². The van der Waals surface area contributed by atoms with E-state index in [1.807, 2.05) is 0 Å². The van der Waals surface area contributed by atoms with Crippen molar-refractivity contribution in [2.75, 3.05) is 26.2 Å². The molecule has 0 radical (unpaired) electrons. The lowest BCUT2D eigenvalue weighted by atomic mass is 10.2. The first-order valence-electron chi connectivity index (χ1n) is 5.34. The van der Waals surface area contributed by atoms with Crippen molar-refractivity contribution >= 4 is 0 Å². The molecule has 1 aliphatic rings. The monoisotopic (exact) mass is 185 g/mol. The maximum Gasteiger partial charge on any atom is 0.0600 e. The summed E-state index contributed by atoms with van der Waals surface area (Å²) < 4.78 is 5.68. The quantitative estimate of drug-likeness (QED) is 0.668. The molecule has 0 aromatic rings. The van der Waals surface area contributed by atoms with E-state index in [0.29, 0.717) is 0 Å². The Kier molecular flexibility index (Phi) is 3.74. The lowest BCUT2D eigenvalue weighted by Gasteiger charge is -2.22. The van der Waals surface area contributed by atoms with Gasteiger partial charge in [-0.25, -0.2) is 0 Å². The molecule has 0 N–H and O–H groups in total. The third-order valence-electron chi connectivity index (χ3n) is 2.45.